The first-order chi connectivity index (χ1) is 14.7. The van der Waals surface area contributed by atoms with Gasteiger partial charge in [-0.3, -0.25) is 4.79 Å². The van der Waals surface area contributed by atoms with E-state index in [0.717, 1.165) is 24.9 Å². The van der Waals surface area contributed by atoms with E-state index in [1.165, 1.54) is 25.7 Å². The second-order valence-corrected chi connectivity index (χ2v) is 8.24. The fourth-order valence-corrected chi connectivity index (χ4v) is 4.92. The van der Waals surface area contributed by atoms with Crippen molar-refractivity contribution in [1.29, 1.82) is 0 Å². The van der Waals surface area contributed by atoms with E-state index in [4.69, 9.17) is 14.2 Å². The summed E-state index contributed by atoms with van der Waals surface area (Å²) in [5.74, 6) is 2.28. The van der Waals surface area contributed by atoms with Gasteiger partial charge in [0.1, 0.15) is 6.61 Å². The molecule has 0 radical (unpaired) electrons. The number of methoxy groups -OCH3 is 2. The molecule has 2 atom stereocenters. The third-order valence-corrected chi connectivity index (χ3v) is 6.44. The SMILES string of the molecule is COc1cc(C(=O)N2CCC[C@@H]3CCCC[C@H]32)cc(OC)c1OCc1ccccc1. The highest BCUT2D eigenvalue weighted by molar-refractivity contribution is 5.96. The monoisotopic (exact) mass is 409 g/mol. The van der Waals surface area contributed by atoms with Gasteiger partial charge in [0.25, 0.3) is 5.91 Å². The van der Waals surface area contributed by atoms with Crippen LogP contribution in [0.2, 0.25) is 0 Å². The number of nitrogens with zero attached hydrogens (tertiary/aromatic N) is 1. The number of rotatable bonds is 6. The molecule has 2 aromatic carbocycles. The van der Waals surface area contributed by atoms with Crippen LogP contribution in [0.4, 0.5) is 0 Å². The fourth-order valence-electron chi connectivity index (χ4n) is 4.92. The molecule has 1 heterocycles. The average Bonchev–Trinajstić information content (AvgIpc) is 2.82. The first-order valence-electron chi connectivity index (χ1n) is 10.9. The van der Waals surface area contributed by atoms with Crippen molar-refractivity contribution in [1.82, 2.24) is 4.90 Å². The maximum Gasteiger partial charge on any atom is 0.254 e. The Kier molecular flexibility index (Phi) is 6.46. The molecular formula is C25H31NO4. The molecule has 1 amide bonds. The minimum absolute atomic E-state index is 0.0674. The van der Waals surface area contributed by atoms with Crippen molar-refractivity contribution in [3.05, 3.63) is 53.6 Å². The Balaban J connectivity index is 1.58. The summed E-state index contributed by atoms with van der Waals surface area (Å²) in [6.45, 7) is 1.23. The average molecular weight is 410 g/mol. The summed E-state index contributed by atoms with van der Waals surface area (Å²) in [6.07, 6.45) is 7.19. The Labute approximate surface area is 178 Å². The second-order valence-electron chi connectivity index (χ2n) is 8.24. The van der Waals surface area contributed by atoms with Crippen LogP contribution < -0.4 is 14.2 Å². The molecule has 2 aromatic rings. The van der Waals surface area contributed by atoms with Gasteiger partial charge in [0, 0.05) is 18.2 Å². The molecule has 4 rings (SSSR count). The zero-order valence-corrected chi connectivity index (χ0v) is 17.9. The number of hydrogen-bond donors (Lipinski definition) is 0. The number of carbonyl (C=O) groups excluding carboxylic acids is 1. The summed E-state index contributed by atoms with van der Waals surface area (Å²) < 4.78 is 17.2. The van der Waals surface area contributed by atoms with Crippen molar-refractivity contribution < 1.29 is 19.0 Å². The summed E-state index contributed by atoms with van der Waals surface area (Å²) >= 11 is 0. The summed E-state index contributed by atoms with van der Waals surface area (Å²) in [5, 5.41) is 0. The summed E-state index contributed by atoms with van der Waals surface area (Å²) in [5.41, 5.74) is 1.65. The first kappa shape index (κ1) is 20.6. The van der Waals surface area contributed by atoms with E-state index in [-0.39, 0.29) is 5.91 Å². The van der Waals surface area contributed by atoms with E-state index >= 15 is 0 Å². The van der Waals surface area contributed by atoms with Gasteiger partial charge in [0.05, 0.1) is 14.2 Å². The molecule has 160 valence electrons. The molecule has 0 aromatic heterocycles. The van der Waals surface area contributed by atoms with Crippen LogP contribution in [0.3, 0.4) is 0 Å². The van der Waals surface area contributed by atoms with Crippen LogP contribution in [-0.2, 0) is 6.61 Å². The maximum atomic E-state index is 13.5. The summed E-state index contributed by atoms with van der Waals surface area (Å²) in [4.78, 5) is 15.5. The van der Waals surface area contributed by atoms with E-state index in [2.05, 4.69) is 4.90 Å². The zero-order chi connectivity index (χ0) is 20.9. The molecule has 1 aliphatic carbocycles. The minimum atomic E-state index is 0.0674. The molecule has 0 spiro atoms. The van der Waals surface area contributed by atoms with Crippen molar-refractivity contribution in [3.8, 4) is 17.2 Å². The topological polar surface area (TPSA) is 48.0 Å². The van der Waals surface area contributed by atoms with E-state index in [1.807, 2.05) is 30.3 Å². The van der Waals surface area contributed by atoms with Gasteiger partial charge in [-0.05, 0) is 49.3 Å². The molecule has 2 aliphatic rings. The van der Waals surface area contributed by atoms with Crippen molar-refractivity contribution in [2.24, 2.45) is 5.92 Å². The lowest BCUT2D eigenvalue weighted by Crippen LogP contribution is -2.49. The number of carbonyl (C=O) groups is 1. The molecule has 30 heavy (non-hydrogen) atoms. The largest absolute Gasteiger partial charge is 0.493 e. The number of fused-ring (bicyclic) bond motifs is 1. The summed E-state index contributed by atoms with van der Waals surface area (Å²) in [7, 11) is 3.19. The molecule has 0 N–H and O–H groups in total. The molecule has 1 saturated carbocycles. The Morgan fingerprint density at radius 1 is 0.967 bits per heavy atom. The van der Waals surface area contributed by atoms with E-state index in [1.54, 1.807) is 26.4 Å². The Bertz CT molecular complexity index is 840. The Morgan fingerprint density at radius 2 is 1.63 bits per heavy atom. The number of amides is 1. The number of piperidine rings is 1. The normalized spacial score (nSPS) is 20.9. The van der Waals surface area contributed by atoms with Crippen molar-refractivity contribution in [2.45, 2.75) is 51.2 Å². The van der Waals surface area contributed by atoms with Gasteiger partial charge in [0.15, 0.2) is 11.5 Å². The Hall–Kier alpha value is -2.69. The standard InChI is InChI=1S/C25H31NO4/c1-28-22-15-20(25(27)26-14-8-12-19-11-6-7-13-21(19)26)16-23(29-2)24(22)30-17-18-9-4-3-5-10-18/h3-5,9-10,15-16,19,21H,6-8,11-14,17H2,1-2H3/t19-,21+/m0/s1. The first-order valence-corrected chi connectivity index (χ1v) is 10.9. The van der Waals surface area contributed by atoms with E-state index in [9.17, 15) is 4.79 Å². The number of benzene rings is 2. The highest BCUT2D eigenvalue weighted by Gasteiger charge is 2.36. The van der Waals surface area contributed by atoms with Gasteiger partial charge in [-0.15, -0.1) is 0 Å². The fraction of sp³-hybridized carbons (Fsp3) is 0.480. The van der Waals surface area contributed by atoms with Crippen LogP contribution in [-0.4, -0.2) is 37.6 Å². The predicted octanol–water partition coefficient (Wildman–Crippen LogP) is 5.08. The molecule has 0 unspecified atom stereocenters. The number of hydrogen-bond acceptors (Lipinski definition) is 4. The second kappa shape index (κ2) is 9.41. The number of ether oxygens (including phenoxy) is 3. The van der Waals surface area contributed by atoms with Crippen LogP contribution in [0.5, 0.6) is 17.2 Å². The summed E-state index contributed by atoms with van der Waals surface area (Å²) in [6, 6.07) is 13.9. The maximum absolute atomic E-state index is 13.5. The highest BCUT2D eigenvalue weighted by Crippen LogP contribution is 2.41. The molecule has 5 nitrogen and oxygen atoms in total. The smallest absolute Gasteiger partial charge is 0.254 e. The van der Waals surface area contributed by atoms with Gasteiger partial charge < -0.3 is 19.1 Å². The van der Waals surface area contributed by atoms with Crippen LogP contribution in [0.25, 0.3) is 0 Å². The molecular weight excluding hydrogens is 378 g/mol. The highest BCUT2D eigenvalue weighted by atomic mass is 16.5. The van der Waals surface area contributed by atoms with E-state index in [0.29, 0.717) is 41.4 Å². The van der Waals surface area contributed by atoms with Gasteiger partial charge in [-0.25, -0.2) is 0 Å². The van der Waals surface area contributed by atoms with Crippen LogP contribution in [0.15, 0.2) is 42.5 Å². The van der Waals surface area contributed by atoms with Crippen molar-refractivity contribution in [2.75, 3.05) is 20.8 Å². The number of likely N-dealkylation sites (tertiary alicyclic amines) is 1. The molecule has 0 bridgehead atoms. The molecule has 2 fully saturated rings. The van der Waals surface area contributed by atoms with Gasteiger partial charge in [-0.1, -0.05) is 43.2 Å². The van der Waals surface area contributed by atoms with Crippen LogP contribution in [0, 0.1) is 5.92 Å². The van der Waals surface area contributed by atoms with Gasteiger partial charge in [-0.2, -0.15) is 0 Å². The lowest BCUT2D eigenvalue weighted by atomic mass is 9.78. The lowest BCUT2D eigenvalue weighted by molar-refractivity contribution is 0.0390. The molecule has 1 aliphatic heterocycles. The lowest BCUT2D eigenvalue weighted by Gasteiger charge is -2.44. The zero-order valence-electron chi connectivity index (χ0n) is 17.9. The Morgan fingerprint density at radius 3 is 2.33 bits per heavy atom. The van der Waals surface area contributed by atoms with Crippen molar-refractivity contribution >= 4 is 5.91 Å². The minimum Gasteiger partial charge on any atom is -0.493 e. The van der Waals surface area contributed by atoms with E-state index < -0.39 is 0 Å². The quantitative estimate of drug-likeness (QED) is 0.668. The van der Waals surface area contributed by atoms with Gasteiger partial charge >= 0.3 is 0 Å². The van der Waals surface area contributed by atoms with Crippen LogP contribution >= 0.6 is 0 Å². The van der Waals surface area contributed by atoms with Gasteiger partial charge in [0.2, 0.25) is 5.75 Å². The third kappa shape index (κ3) is 4.25. The van der Waals surface area contributed by atoms with Crippen LogP contribution in [0.1, 0.15) is 54.4 Å². The third-order valence-electron chi connectivity index (χ3n) is 6.44. The van der Waals surface area contributed by atoms with Crippen molar-refractivity contribution in [3.63, 3.8) is 0 Å². The molecule has 1 saturated heterocycles. The predicted molar refractivity (Wildman–Crippen MR) is 116 cm³/mol. The molecule has 5 heteroatoms.